The van der Waals surface area contributed by atoms with Crippen LogP contribution in [0, 0.1) is 0 Å². The largest absolute Gasteiger partial charge is 0.339 e. The van der Waals surface area contributed by atoms with Gasteiger partial charge in [0.1, 0.15) is 0 Å². The van der Waals surface area contributed by atoms with E-state index in [-0.39, 0.29) is 0 Å². The van der Waals surface area contributed by atoms with Crippen molar-refractivity contribution >= 4 is 5.95 Å². The van der Waals surface area contributed by atoms with Crippen LogP contribution in [0.15, 0.2) is 24.7 Å². The molecule has 0 spiro atoms. The van der Waals surface area contributed by atoms with Crippen LogP contribution in [0.3, 0.4) is 0 Å². The first-order valence-electron chi connectivity index (χ1n) is 6.92. The van der Waals surface area contributed by atoms with E-state index >= 15 is 0 Å². The maximum atomic E-state index is 4.32. The zero-order chi connectivity index (χ0) is 13.8. The Balaban J connectivity index is 1.55. The molecule has 106 valence electrons. The lowest BCUT2D eigenvalue weighted by Crippen LogP contribution is -2.46. The number of nitrogens with zero attached hydrogens (tertiary/aromatic N) is 6. The van der Waals surface area contributed by atoms with Gasteiger partial charge in [-0.25, -0.2) is 9.97 Å². The fourth-order valence-electron chi connectivity index (χ4n) is 2.51. The lowest BCUT2D eigenvalue weighted by atomic mass is 10.1. The zero-order valence-corrected chi connectivity index (χ0v) is 11.6. The summed E-state index contributed by atoms with van der Waals surface area (Å²) in [5.41, 5.74) is 0.973. The summed E-state index contributed by atoms with van der Waals surface area (Å²) in [5, 5.41) is 11.6. The Morgan fingerprint density at radius 1 is 1.35 bits per heavy atom. The zero-order valence-electron chi connectivity index (χ0n) is 11.6. The topological polar surface area (TPSA) is 71.8 Å². The molecule has 2 aromatic rings. The van der Waals surface area contributed by atoms with Crippen LogP contribution in [0.25, 0.3) is 0 Å². The third-order valence-corrected chi connectivity index (χ3v) is 3.48. The van der Waals surface area contributed by atoms with E-state index in [9.17, 15) is 0 Å². The molecule has 0 bridgehead atoms. The second-order valence-corrected chi connectivity index (χ2v) is 5.10. The van der Waals surface area contributed by atoms with Gasteiger partial charge < -0.3 is 10.2 Å². The third kappa shape index (κ3) is 3.11. The van der Waals surface area contributed by atoms with Crippen molar-refractivity contribution in [2.75, 3.05) is 18.0 Å². The normalized spacial score (nSPS) is 19.2. The van der Waals surface area contributed by atoms with E-state index in [1.165, 1.54) is 6.42 Å². The molecule has 3 rings (SSSR count). The van der Waals surface area contributed by atoms with Gasteiger partial charge in [0, 0.05) is 51.3 Å². The average Bonchev–Trinajstić information content (AvgIpc) is 2.92. The molecule has 7 nitrogen and oxygen atoms in total. The maximum absolute atomic E-state index is 4.32. The van der Waals surface area contributed by atoms with Crippen molar-refractivity contribution in [2.24, 2.45) is 7.05 Å². The molecule has 1 aliphatic rings. The smallest absolute Gasteiger partial charge is 0.225 e. The number of anilines is 1. The molecule has 2 aromatic heterocycles. The molecule has 1 N–H and O–H groups in total. The number of aromatic nitrogens is 5. The highest BCUT2D eigenvalue weighted by Crippen LogP contribution is 2.15. The summed E-state index contributed by atoms with van der Waals surface area (Å²) in [6.45, 7) is 2.71. The minimum Gasteiger partial charge on any atom is -0.339 e. The highest BCUT2D eigenvalue weighted by atomic mass is 15.4. The van der Waals surface area contributed by atoms with E-state index in [4.69, 9.17) is 0 Å². The van der Waals surface area contributed by atoms with Gasteiger partial charge in [-0.3, -0.25) is 4.68 Å². The van der Waals surface area contributed by atoms with Gasteiger partial charge in [-0.2, -0.15) is 0 Å². The lowest BCUT2D eigenvalue weighted by molar-refractivity contribution is 0.416. The number of hydrogen-bond donors (Lipinski definition) is 1. The molecule has 1 aliphatic heterocycles. The molecular weight excluding hydrogens is 254 g/mol. The van der Waals surface area contributed by atoms with E-state index in [2.05, 4.69) is 30.5 Å². The summed E-state index contributed by atoms with van der Waals surface area (Å²) < 4.78 is 1.72. The highest BCUT2D eigenvalue weighted by Gasteiger charge is 2.21. The van der Waals surface area contributed by atoms with Gasteiger partial charge in [0.2, 0.25) is 5.95 Å². The van der Waals surface area contributed by atoms with Gasteiger partial charge >= 0.3 is 0 Å². The highest BCUT2D eigenvalue weighted by molar-refractivity contribution is 5.29. The van der Waals surface area contributed by atoms with Crippen molar-refractivity contribution in [3.63, 3.8) is 0 Å². The van der Waals surface area contributed by atoms with Gasteiger partial charge in [-0.05, 0) is 18.9 Å². The summed E-state index contributed by atoms with van der Waals surface area (Å²) in [5.74, 6) is 0.818. The minimum atomic E-state index is 0.439. The van der Waals surface area contributed by atoms with Crippen LogP contribution in [0.1, 0.15) is 18.5 Å². The van der Waals surface area contributed by atoms with Crippen molar-refractivity contribution in [1.82, 2.24) is 30.3 Å². The molecule has 0 aliphatic carbocycles. The molecule has 1 fully saturated rings. The first-order valence-corrected chi connectivity index (χ1v) is 6.92. The maximum Gasteiger partial charge on any atom is 0.225 e. The summed E-state index contributed by atoms with van der Waals surface area (Å²) >= 11 is 0. The Morgan fingerprint density at radius 3 is 2.95 bits per heavy atom. The minimum absolute atomic E-state index is 0.439. The fraction of sp³-hybridized carbons (Fsp3) is 0.538. The third-order valence-electron chi connectivity index (χ3n) is 3.48. The van der Waals surface area contributed by atoms with Gasteiger partial charge in [0.25, 0.3) is 0 Å². The van der Waals surface area contributed by atoms with Crippen LogP contribution in [0.2, 0.25) is 0 Å². The van der Waals surface area contributed by atoms with Crippen molar-refractivity contribution in [3.05, 3.63) is 30.4 Å². The first-order chi connectivity index (χ1) is 9.81. The van der Waals surface area contributed by atoms with Crippen molar-refractivity contribution in [3.8, 4) is 0 Å². The number of aryl methyl sites for hydroxylation is 1. The quantitative estimate of drug-likeness (QED) is 0.867. The molecule has 0 unspecified atom stereocenters. The second kappa shape index (κ2) is 5.96. The van der Waals surface area contributed by atoms with Gasteiger partial charge in [0.05, 0.1) is 5.69 Å². The van der Waals surface area contributed by atoms with Gasteiger partial charge in [-0.1, -0.05) is 5.21 Å². The predicted octanol–water partition coefficient (Wildman–Crippen LogP) is 0.364. The number of piperidine rings is 1. The first kappa shape index (κ1) is 13.0. The Kier molecular flexibility index (Phi) is 3.87. The van der Waals surface area contributed by atoms with Gasteiger partial charge in [0.15, 0.2) is 0 Å². The van der Waals surface area contributed by atoms with Crippen LogP contribution in [0.5, 0.6) is 0 Å². The standard InChI is InChI=1S/C13H19N7/c1-19-9-12(17-18-19)8-16-11-4-2-7-20(10-11)13-14-5-3-6-15-13/h3,5-6,9,11,16H,2,4,7-8,10H2,1H3/t11-/m1/s1. The molecular formula is C13H19N7. The van der Waals surface area contributed by atoms with Crippen molar-refractivity contribution in [1.29, 1.82) is 0 Å². The monoisotopic (exact) mass is 273 g/mol. The predicted molar refractivity (Wildman–Crippen MR) is 75.1 cm³/mol. The SMILES string of the molecule is Cn1cc(CN[C@@H]2CCCN(c3ncccn3)C2)nn1. The van der Waals surface area contributed by atoms with E-state index in [0.717, 1.165) is 37.7 Å². The molecule has 0 saturated carbocycles. The summed E-state index contributed by atoms with van der Waals surface area (Å²) in [4.78, 5) is 10.9. The van der Waals surface area contributed by atoms with Crippen LogP contribution >= 0.6 is 0 Å². The molecule has 3 heterocycles. The summed E-state index contributed by atoms with van der Waals surface area (Å²) in [6, 6.07) is 2.28. The Labute approximate surface area is 118 Å². The number of rotatable bonds is 4. The second-order valence-electron chi connectivity index (χ2n) is 5.10. The van der Waals surface area contributed by atoms with E-state index in [1.54, 1.807) is 17.1 Å². The molecule has 1 atom stereocenters. The lowest BCUT2D eigenvalue weighted by Gasteiger charge is -2.33. The van der Waals surface area contributed by atoms with E-state index in [0.29, 0.717) is 6.04 Å². The molecule has 0 radical (unpaired) electrons. The molecule has 1 saturated heterocycles. The van der Waals surface area contributed by atoms with E-state index < -0.39 is 0 Å². The van der Waals surface area contributed by atoms with Crippen molar-refractivity contribution in [2.45, 2.75) is 25.4 Å². The fourth-order valence-corrected chi connectivity index (χ4v) is 2.51. The molecule has 0 aromatic carbocycles. The molecule has 7 heteroatoms. The number of nitrogens with one attached hydrogen (secondary N) is 1. The summed E-state index contributed by atoms with van der Waals surface area (Å²) in [7, 11) is 1.88. The Morgan fingerprint density at radius 2 is 2.20 bits per heavy atom. The summed E-state index contributed by atoms with van der Waals surface area (Å²) in [6.07, 6.45) is 7.84. The van der Waals surface area contributed by atoms with Crippen LogP contribution in [-0.4, -0.2) is 44.1 Å². The molecule has 0 amide bonds. The van der Waals surface area contributed by atoms with Crippen LogP contribution in [-0.2, 0) is 13.6 Å². The van der Waals surface area contributed by atoms with E-state index in [1.807, 2.05) is 19.3 Å². The number of hydrogen-bond acceptors (Lipinski definition) is 6. The van der Waals surface area contributed by atoms with Gasteiger partial charge in [-0.15, -0.1) is 5.10 Å². The molecule has 20 heavy (non-hydrogen) atoms. The van der Waals surface area contributed by atoms with Crippen LogP contribution < -0.4 is 10.2 Å². The van der Waals surface area contributed by atoms with Crippen molar-refractivity contribution < 1.29 is 0 Å². The Bertz CT molecular complexity index is 539. The Hall–Kier alpha value is -2.02. The average molecular weight is 273 g/mol. The van der Waals surface area contributed by atoms with Crippen LogP contribution in [0.4, 0.5) is 5.95 Å².